The Labute approximate surface area is 180 Å². The highest BCUT2D eigenvalue weighted by molar-refractivity contribution is 7.90. The molecule has 0 atom stereocenters. The number of para-hydroxylation sites is 1. The summed E-state index contributed by atoms with van der Waals surface area (Å²) < 4.78 is 29.4. The van der Waals surface area contributed by atoms with E-state index in [0.717, 1.165) is 17.8 Å². The molecule has 1 N–H and O–H groups in total. The van der Waals surface area contributed by atoms with Gasteiger partial charge in [0.1, 0.15) is 5.69 Å². The summed E-state index contributed by atoms with van der Waals surface area (Å²) in [6, 6.07) is 14.6. The lowest BCUT2D eigenvalue weighted by Gasteiger charge is -2.06. The average Bonchev–Trinajstić information content (AvgIpc) is 3.35. The van der Waals surface area contributed by atoms with Crippen molar-refractivity contribution < 1.29 is 18.3 Å². The number of carboxylic acids is 1. The number of aromatic nitrogens is 4. The van der Waals surface area contributed by atoms with Crippen molar-refractivity contribution in [3.8, 4) is 27.8 Å². The van der Waals surface area contributed by atoms with Crippen molar-refractivity contribution in [3.63, 3.8) is 0 Å². The van der Waals surface area contributed by atoms with Crippen molar-refractivity contribution in [1.29, 1.82) is 0 Å². The van der Waals surface area contributed by atoms with Gasteiger partial charge in [-0.05, 0) is 35.8 Å². The molecule has 0 fully saturated rings. The van der Waals surface area contributed by atoms with Crippen LogP contribution in [0.1, 0.15) is 10.5 Å². The van der Waals surface area contributed by atoms with E-state index in [9.17, 15) is 18.3 Å². The lowest BCUT2D eigenvalue weighted by molar-refractivity contribution is 0.0690. The zero-order valence-electron chi connectivity index (χ0n) is 15.4. The molecule has 8 nitrogen and oxygen atoms in total. The molecule has 0 bridgehead atoms. The first kappa shape index (κ1) is 20.2. The van der Waals surface area contributed by atoms with Gasteiger partial charge in [0.05, 0.1) is 15.6 Å². The Morgan fingerprint density at radius 3 is 2.60 bits per heavy atom. The van der Waals surface area contributed by atoms with E-state index in [1.54, 1.807) is 36.4 Å². The second-order valence-electron chi connectivity index (χ2n) is 6.31. The molecule has 2 heterocycles. The van der Waals surface area contributed by atoms with Gasteiger partial charge < -0.3 is 5.11 Å². The molecular weight excluding hydrogens is 448 g/mol. The fraction of sp³-hybridized carbons (Fsp3) is 0.0526. The predicted octanol–water partition coefficient (Wildman–Crippen LogP) is 3.81. The minimum Gasteiger partial charge on any atom is -0.476 e. The Balaban J connectivity index is 1.83. The Kier molecular flexibility index (Phi) is 5.14. The highest BCUT2D eigenvalue weighted by Crippen LogP contribution is 2.31. The molecular formula is C19H13ClN4O4S2. The van der Waals surface area contributed by atoms with E-state index >= 15 is 0 Å². The van der Waals surface area contributed by atoms with Crippen molar-refractivity contribution in [2.75, 3.05) is 6.26 Å². The Morgan fingerprint density at radius 2 is 1.90 bits per heavy atom. The molecule has 0 aliphatic rings. The Morgan fingerprint density at radius 1 is 1.13 bits per heavy atom. The van der Waals surface area contributed by atoms with Crippen LogP contribution in [-0.2, 0) is 9.84 Å². The maximum atomic E-state index is 11.8. The summed E-state index contributed by atoms with van der Waals surface area (Å²) in [5, 5.41) is 14.3. The summed E-state index contributed by atoms with van der Waals surface area (Å²) in [5.74, 6) is -0.864. The first-order chi connectivity index (χ1) is 14.2. The quantitative estimate of drug-likeness (QED) is 0.481. The van der Waals surface area contributed by atoms with E-state index in [4.69, 9.17) is 11.6 Å². The van der Waals surface area contributed by atoms with Crippen LogP contribution in [0.5, 0.6) is 0 Å². The van der Waals surface area contributed by atoms with Crippen molar-refractivity contribution in [3.05, 3.63) is 65.3 Å². The first-order valence-corrected chi connectivity index (χ1v) is 11.5. The molecule has 0 amide bonds. The number of nitrogens with zero attached hydrogens (tertiary/aromatic N) is 4. The number of carbonyl (C=O) groups is 1. The fourth-order valence-electron chi connectivity index (χ4n) is 2.76. The molecule has 4 aromatic rings. The van der Waals surface area contributed by atoms with Crippen molar-refractivity contribution in [2.45, 2.75) is 4.90 Å². The van der Waals surface area contributed by atoms with E-state index in [-0.39, 0.29) is 10.6 Å². The molecule has 0 spiro atoms. The molecule has 0 saturated heterocycles. The van der Waals surface area contributed by atoms with E-state index in [2.05, 4.69) is 14.5 Å². The highest BCUT2D eigenvalue weighted by atomic mass is 35.5. The third-order valence-electron chi connectivity index (χ3n) is 4.17. The minimum atomic E-state index is -3.38. The van der Waals surface area contributed by atoms with Crippen molar-refractivity contribution >= 4 is 38.9 Å². The van der Waals surface area contributed by atoms with Gasteiger partial charge in [0.15, 0.2) is 26.4 Å². The van der Waals surface area contributed by atoms with Crippen molar-refractivity contribution in [1.82, 2.24) is 19.1 Å². The molecule has 2 aromatic carbocycles. The molecule has 11 heteroatoms. The summed E-state index contributed by atoms with van der Waals surface area (Å²) in [4.78, 5) is 16.1. The normalized spacial score (nSPS) is 11.5. The SMILES string of the molecule is CS(=O)(=O)c1cccc(-c2nsc(-c3cc(C(=O)O)nn3-c3ccccc3Cl)n2)c1. The lowest BCUT2D eigenvalue weighted by atomic mass is 10.2. The molecule has 152 valence electrons. The van der Waals surface area contributed by atoms with Crippen LogP contribution in [0, 0.1) is 0 Å². The van der Waals surface area contributed by atoms with E-state index in [1.807, 2.05) is 0 Å². The van der Waals surface area contributed by atoms with Gasteiger partial charge >= 0.3 is 5.97 Å². The summed E-state index contributed by atoms with van der Waals surface area (Å²) in [6.07, 6.45) is 1.13. The molecule has 0 saturated carbocycles. The van der Waals surface area contributed by atoms with Crippen LogP contribution in [0.25, 0.3) is 27.8 Å². The van der Waals surface area contributed by atoms with Gasteiger partial charge in [-0.1, -0.05) is 35.9 Å². The second-order valence-corrected chi connectivity index (χ2v) is 9.48. The van der Waals surface area contributed by atoms with Crippen LogP contribution in [0.15, 0.2) is 59.5 Å². The summed E-state index contributed by atoms with van der Waals surface area (Å²) >= 11 is 7.31. The molecule has 0 unspecified atom stereocenters. The number of halogens is 1. The highest BCUT2D eigenvalue weighted by Gasteiger charge is 2.21. The van der Waals surface area contributed by atoms with Crippen LogP contribution in [0.2, 0.25) is 5.02 Å². The molecule has 0 radical (unpaired) electrons. The van der Waals surface area contributed by atoms with Crippen LogP contribution in [-0.4, -0.2) is 44.9 Å². The lowest BCUT2D eigenvalue weighted by Crippen LogP contribution is -2.02. The van der Waals surface area contributed by atoms with Gasteiger partial charge in [0, 0.05) is 17.9 Å². The van der Waals surface area contributed by atoms with Gasteiger partial charge in [0.25, 0.3) is 0 Å². The van der Waals surface area contributed by atoms with Crippen LogP contribution in [0.3, 0.4) is 0 Å². The molecule has 2 aromatic heterocycles. The van der Waals surface area contributed by atoms with Gasteiger partial charge in [-0.25, -0.2) is 22.9 Å². The number of sulfone groups is 1. The standard InChI is InChI=1S/C19H13ClN4O4S2/c1-30(27,28)12-6-4-5-11(9-12)17-21-18(29-23-17)16-10-14(19(25)26)22-24(16)15-8-3-2-7-13(15)20/h2-10H,1H3,(H,25,26). The van der Waals surface area contributed by atoms with E-state index < -0.39 is 15.8 Å². The van der Waals surface area contributed by atoms with Gasteiger partial charge in [-0.3, -0.25) is 0 Å². The third kappa shape index (κ3) is 3.84. The number of carboxylic acid groups (broad SMARTS) is 1. The van der Waals surface area contributed by atoms with E-state index in [0.29, 0.717) is 32.8 Å². The van der Waals surface area contributed by atoms with Crippen LogP contribution >= 0.6 is 23.1 Å². The molecule has 0 aliphatic carbocycles. The number of rotatable bonds is 5. The zero-order valence-corrected chi connectivity index (χ0v) is 17.7. The Bertz CT molecular complexity index is 1380. The summed E-state index contributed by atoms with van der Waals surface area (Å²) in [6.45, 7) is 0. The summed E-state index contributed by atoms with van der Waals surface area (Å²) in [5.41, 5.74) is 1.27. The van der Waals surface area contributed by atoms with Gasteiger partial charge in [-0.15, -0.1) is 0 Å². The first-order valence-electron chi connectivity index (χ1n) is 8.47. The monoisotopic (exact) mass is 460 g/mol. The topological polar surface area (TPSA) is 115 Å². The van der Waals surface area contributed by atoms with Crippen LogP contribution in [0.4, 0.5) is 0 Å². The second kappa shape index (κ2) is 7.63. The molecule has 4 rings (SSSR count). The largest absolute Gasteiger partial charge is 0.476 e. The average molecular weight is 461 g/mol. The van der Waals surface area contributed by atoms with Crippen LogP contribution < -0.4 is 0 Å². The molecule has 30 heavy (non-hydrogen) atoms. The maximum absolute atomic E-state index is 11.8. The Hall–Kier alpha value is -3.08. The van der Waals surface area contributed by atoms with Crippen molar-refractivity contribution in [2.24, 2.45) is 0 Å². The number of hydrogen-bond donors (Lipinski definition) is 1. The van der Waals surface area contributed by atoms with Gasteiger partial charge in [-0.2, -0.15) is 9.47 Å². The minimum absolute atomic E-state index is 0.158. The zero-order chi connectivity index (χ0) is 21.5. The van der Waals surface area contributed by atoms with Gasteiger partial charge in [0.2, 0.25) is 0 Å². The molecule has 0 aliphatic heterocycles. The third-order valence-corrected chi connectivity index (χ3v) is 6.34. The number of hydrogen-bond acceptors (Lipinski definition) is 7. The summed E-state index contributed by atoms with van der Waals surface area (Å²) in [7, 11) is -3.38. The smallest absolute Gasteiger partial charge is 0.356 e. The number of benzene rings is 2. The van der Waals surface area contributed by atoms with E-state index in [1.165, 1.54) is 22.9 Å². The maximum Gasteiger partial charge on any atom is 0.356 e. The number of aromatic carboxylic acids is 1. The fourth-order valence-corrected chi connectivity index (χ4v) is 4.32. The predicted molar refractivity (Wildman–Crippen MR) is 113 cm³/mol.